The van der Waals surface area contributed by atoms with Crippen molar-refractivity contribution in [2.75, 3.05) is 0 Å². The summed E-state index contributed by atoms with van der Waals surface area (Å²) in [6, 6.07) is 18.7. The minimum absolute atomic E-state index is 0. The molecule has 0 saturated heterocycles. The Morgan fingerprint density at radius 3 is 1.00 bits per heavy atom. The Balaban J connectivity index is 0.00000189. The second-order valence-electron chi connectivity index (χ2n) is 16.2. The average molecular weight is 813 g/mol. The van der Waals surface area contributed by atoms with Crippen LogP contribution in [0.5, 0.6) is 0 Å². The molecule has 0 unspecified atom stereocenters. The fourth-order valence-corrected chi connectivity index (χ4v) is 9.88. The number of aryl methyl sites for hydroxylation is 1. The number of nitrogens with zero attached hydrogens (tertiary/aromatic N) is 3. The number of halogens is 3. The van der Waals surface area contributed by atoms with Crippen molar-refractivity contribution in [3.05, 3.63) is 87.7 Å². The van der Waals surface area contributed by atoms with Gasteiger partial charge in [0.25, 0.3) is 0 Å². The molecule has 3 aromatic rings. The number of aliphatic imine (C=N–C) groups is 2. The molecule has 286 valence electrons. The molecule has 0 spiro atoms. The number of para-hydroxylation sites is 2. The van der Waals surface area contributed by atoms with E-state index >= 15 is 0 Å². The van der Waals surface area contributed by atoms with Gasteiger partial charge in [0.1, 0.15) is 0 Å². The quantitative estimate of drug-likeness (QED) is 0.300. The van der Waals surface area contributed by atoms with Crippen molar-refractivity contribution in [2.45, 2.75) is 173 Å². The maximum atomic E-state index is 5.57. The minimum Gasteiger partial charge on any atom is -1.00 e. The standard InChI is InChI=1S/C46H61N3.3ClH.V/c1-32-30-43(33(2)47-45-39(35-18-8-4-9-19-35)26-16-27-40(45)36-20-10-5-11-21-36)49-44(31-32)34(3)48-46-41(37-22-12-6-13-23-37)28-17-29-42(46)38-24-14-7-15-25-38;;;;/h16-17,26-31,35-38H,4-15,18-25H2,1-3H3;3*1H;/q;;;;+3/p-3. The number of hydrogen-bond acceptors (Lipinski definition) is 3. The van der Waals surface area contributed by atoms with E-state index in [9.17, 15) is 0 Å². The Labute approximate surface area is 352 Å². The van der Waals surface area contributed by atoms with Crippen LogP contribution in [0.25, 0.3) is 0 Å². The van der Waals surface area contributed by atoms with Crippen LogP contribution >= 0.6 is 0 Å². The van der Waals surface area contributed by atoms with Gasteiger partial charge in [0, 0.05) is 0 Å². The van der Waals surface area contributed by atoms with Crippen LogP contribution in [0.3, 0.4) is 0 Å². The van der Waals surface area contributed by atoms with Crippen molar-refractivity contribution in [3.8, 4) is 0 Å². The molecule has 4 aliphatic carbocycles. The fraction of sp³-hybridized carbons (Fsp3) is 0.587. The molecule has 1 aromatic heterocycles. The second kappa shape index (κ2) is 22.2. The van der Waals surface area contributed by atoms with Crippen LogP contribution in [0.15, 0.2) is 58.5 Å². The van der Waals surface area contributed by atoms with Gasteiger partial charge in [-0.1, -0.05) is 113 Å². The average Bonchev–Trinajstić information content (AvgIpc) is 3.16. The minimum atomic E-state index is 0. The van der Waals surface area contributed by atoms with Crippen molar-refractivity contribution in [1.82, 2.24) is 4.98 Å². The van der Waals surface area contributed by atoms with Crippen LogP contribution in [0.1, 0.15) is 205 Å². The zero-order valence-electron chi connectivity index (χ0n) is 32.5. The first-order valence-electron chi connectivity index (χ1n) is 20.4. The van der Waals surface area contributed by atoms with Crippen molar-refractivity contribution >= 4 is 22.8 Å². The summed E-state index contributed by atoms with van der Waals surface area (Å²) in [5, 5.41) is 0. The van der Waals surface area contributed by atoms with Crippen molar-refractivity contribution in [2.24, 2.45) is 9.98 Å². The van der Waals surface area contributed by atoms with Gasteiger partial charge in [-0.2, -0.15) is 0 Å². The molecule has 53 heavy (non-hydrogen) atoms. The normalized spacial score (nSPS) is 19.7. The smallest absolute Gasteiger partial charge is 1.00 e. The van der Waals surface area contributed by atoms with Gasteiger partial charge in [-0.05, 0) is 136 Å². The van der Waals surface area contributed by atoms with Crippen molar-refractivity contribution in [3.63, 3.8) is 0 Å². The molecule has 0 aliphatic heterocycles. The third-order valence-corrected chi connectivity index (χ3v) is 12.6. The molecule has 1 heterocycles. The molecule has 4 aliphatic rings. The summed E-state index contributed by atoms with van der Waals surface area (Å²) in [7, 11) is 0. The Morgan fingerprint density at radius 2 is 0.736 bits per heavy atom. The van der Waals surface area contributed by atoms with E-state index in [2.05, 4.69) is 69.3 Å². The summed E-state index contributed by atoms with van der Waals surface area (Å²) >= 11 is 0. The Morgan fingerprint density at radius 1 is 0.472 bits per heavy atom. The number of aromatic nitrogens is 1. The van der Waals surface area contributed by atoms with Crippen molar-refractivity contribution in [1.29, 1.82) is 0 Å². The third-order valence-electron chi connectivity index (χ3n) is 12.6. The molecule has 2 aromatic carbocycles. The molecule has 7 rings (SSSR count). The summed E-state index contributed by atoms with van der Waals surface area (Å²) in [5.41, 5.74) is 13.8. The zero-order chi connectivity index (χ0) is 33.6. The van der Waals surface area contributed by atoms with Gasteiger partial charge in [0.05, 0.1) is 34.2 Å². The topological polar surface area (TPSA) is 37.6 Å². The van der Waals surface area contributed by atoms with Crippen LogP contribution in [-0.4, -0.2) is 16.4 Å². The van der Waals surface area contributed by atoms with Crippen LogP contribution in [0, 0.1) is 6.92 Å². The molecule has 0 radical (unpaired) electrons. The summed E-state index contributed by atoms with van der Waals surface area (Å²) in [6.45, 7) is 6.60. The number of rotatable bonds is 8. The van der Waals surface area contributed by atoms with Gasteiger partial charge >= 0.3 is 18.6 Å². The number of pyridine rings is 1. The first kappa shape index (κ1) is 45.8. The molecule has 3 nitrogen and oxygen atoms in total. The number of hydrogen-bond donors (Lipinski definition) is 0. The van der Waals surface area contributed by atoms with Gasteiger partial charge < -0.3 is 37.2 Å². The first-order valence-corrected chi connectivity index (χ1v) is 20.4. The first-order chi connectivity index (χ1) is 24.0. The van der Waals surface area contributed by atoms with E-state index in [0.29, 0.717) is 23.7 Å². The molecule has 0 atom stereocenters. The van der Waals surface area contributed by atoms with Crippen LogP contribution < -0.4 is 37.2 Å². The molecule has 7 heteroatoms. The predicted octanol–water partition coefficient (Wildman–Crippen LogP) is 4.87. The van der Waals surface area contributed by atoms with Gasteiger partial charge in [-0.15, -0.1) is 0 Å². The monoisotopic (exact) mass is 811 g/mol. The van der Waals surface area contributed by atoms with Crippen LogP contribution in [0.4, 0.5) is 11.4 Å². The molecule has 4 saturated carbocycles. The SMILES string of the molecule is CC(=Nc1c(C2CCCCC2)cccc1C1CCCCC1)c1cc(C)cc(C(C)=Nc2c(C3CCCCC3)cccc2C2CCCCC2)n1.[Cl-].[Cl-].[Cl-].[V+3]. The van der Waals surface area contributed by atoms with E-state index in [1.165, 1.54) is 168 Å². The Hall–Kier alpha value is -1.62. The summed E-state index contributed by atoms with van der Waals surface area (Å²) in [6.07, 6.45) is 26.6. The van der Waals surface area contributed by atoms with Gasteiger partial charge in [-0.3, -0.25) is 9.98 Å². The molecule has 0 amide bonds. The zero-order valence-corrected chi connectivity index (χ0v) is 36.2. The number of benzene rings is 2. The van der Waals surface area contributed by atoms with Gasteiger partial charge in [0.2, 0.25) is 0 Å². The van der Waals surface area contributed by atoms with Crippen molar-refractivity contribution < 1.29 is 55.8 Å². The van der Waals surface area contributed by atoms with E-state index in [1.54, 1.807) is 0 Å². The van der Waals surface area contributed by atoms with Crippen LogP contribution in [-0.2, 0) is 18.6 Å². The van der Waals surface area contributed by atoms with E-state index in [-0.39, 0.29) is 55.8 Å². The van der Waals surface area contributed by atoms with E-state index in [0.717, 1.165) is 22.8 Å². The summed E-state index contributed by atoms with van der Waals surface area (Å²) in [5.74, 6) is 2.51. The molecule has 0 N–H and O–H groups in total. The third kappa shape index (κ3) is 11.3. The van der Waals surface area contributed by atoms with E-state index in [4.69, 9.17) is 15.0 Å². The maximum Gasteiger partial charge on any atom is 3.00 e. The molecule has 0 bridgehead atoms. The largest absolute Gasteiger partial charge is 3.00 e. The van der Waals surface area contributed by atoms with E-state index in [1.807, 2.05) is 0 Å². The van der Waals surface area contributed by atoms with E-state index < -0.39 is 0 Å². The predicted molar refractivity (Wildman–Crippen MR) is 209 cm³/mol. The summed E-state index contributed by atoms with van der Waals surface area (Å²) < 4.78 is 0. The Bertz CT molecular complexity index is 1460. The van der Waals surface area contributed by atoms with Gasteiger partial charge in [-0.25, -0.2) is 4.98 Å². The van der Waals surface area contributed by atoms with Crippen LogP contribution in [0.2, 0.25) is 0 Å². The van der Waals surface area contributed by atoms with Gasteiger partial charge in [0.15, 0.2) is 0 Å². The fourth-order valence-electron chi connectivity index (χ4n) is 9.88. The molecule has 4 fully saturated rings. The summed E-state index contributed by atoms with van der Waals surface area (Å²) in [4.78, 5) is 16.5. The Kier molecular flexibility index (Phi) is 19.2. The maximum absolute atomic E-state index is 5.57. The molecular weight excluding hydrogens is 752 g/mol. The second-order valence-corrected chi connectivity index (χ2v) is 16.2. The molecular formula is C46H61Cl3N3V.